The number of rotatable bonds is 5. The molecule has 0 saturated carbocycles. The van der Waals surface area contributed by atoms with Gasteiger partial charge in [-0.15, -0.1) is 0 Å². The highest BCUT2D eigenvalue weighted by molar-refractivity contribution is 5.41. The quantitative estimate of drug-likeness (QED) is 0.835. The van der Waals surface area contributed by atoms with Gasteiger partial charge in [-0.1, -0.05) is 36.4 Å². The lowest BCUT2D eigenvalue weighted by Crippen LogP contribution is -2.45. The van der Waals surface area contributed by atoms with Crippen molar-refractivity contribution in [2.24, 2.45) is 0 Å². The molecular weight excluding hydrogens is 296 g/mol. The number of methoxy groups -OCH3 is 1. The molecule has 24 heavy (non-hydrogen) atoms. The molecule has 0 bridgehead atoms. The Morgan fingerprint density at radius 3 is 2.08 bits per heavy atom. The van der Waals surface area contributed by atoms with E-state index in [-0.39, 0.29) is 0 Å². The van der Waals surface area contributed by atoms with Gasteiger partial charge in [0.2, 0.25) is 0 Å². The maximum atomic E-state index is 5.42. The molecule has 0 aliphatic carbocycles. The van der Waals surface area contributed by atoms with Crippen molar-refractivity contribution in [3.63, 3.8) is 0 Å². The summed E-state index contributed by atoms with van der Waals surface area (Å²) in [4.78, 5) is 5.12. The summed E-state index contributed by atoms with van der Waals surface area (Å²) in [6.07, 6.45) is 0. The minimum Gasteiger partial charge on any atom is -0.496 e. The first kappa shape index (κ1) is 17.0. The fraction of sp³-hybridized carbons (Fsp3) is 0.429. The molecule has 1 heterocycles. The molecule has 1 saturated heterocycles. The average Bonchev–Trinajstić information content (AvgIpc) is 2.60. The fourth-order valence-electron chi connectivity index (χ4n) is 3.43. The van der Waals surface area contributed by atoms with Gasteiger partial charge in [0.05, 0.1) is 7.11 Å². The predicted octanol–water partition coefficient (Wildman–Crippen LogP) is 3.63. The standard InChI is InChI=1S/C21H28N2O/c1-17-14-21(24-3)18(2)13-20(17)16-23-11-9-22(10-12-23)15-19-7-5-4-6-8-19/h4-8,13-14H,9-12,15-16H2,1-3H3. The van der Waals surface area contributed by atoms with Gasteiger partial charge in [-0.3, -0.25) is 9.80 Å². The van der Waals surface area contributed by atoms with Crippen LogP contribution in [0.1, 0.15) is 22.3 Å². The molecule has 0 radical (unpaired) electrons. The van der Waals surface area contributed by atoms with E-state index < -0.39 is 0 Å². The van der Waals surface area contributed by atoms with Gasteiger partial charge in [0, 0.05) is 39.3 Å². The van der Waals surface area contributed by atoms with Gasteiger partial charge >= 0.3 is 0 Å². The van der Waals surface area contributed by atoms with Crippen LogP contribution in [0.5, 0.6) is 5.75 Å². The summed E-state index contributed by atoms with van der Waals surface area (Å²) in [5.41, 5.74) is 5.38. The second kappa shape index (κ2) is 7.82. The minimum absolute atomic E-state index is 0.990. The van der Waals surface area contributed by atoms with Gasteiger partial charge in [-0.2, -0.15) is 0 Å². The van der Waals surface area contributed by atoms with Gasteiger partial charge in [0.15, 0.2) is 0 Å². The summed E-state index contributed by atoms with van der Waals surface area (Å²) in [7, 11) is 1.74. The Kier molecular flexibility index (Phi) is 5.54. The smallest absolute Gasteiger partial charge is 0.122 e. The summed E-state index contributed by atoms with van der Waals surface area (Å²) < 4.78 is 5.42. The third-order valence-electron chi connectivity index (χ3n) is 4.96. The zero-order chi connectivity index (χ0) is 16.9. The average molecular weight is 324 g/mol. The molecule has 3 heteroatoms. The molecule has 0 N–H and O–H groups in total. The highest BCUT2D eigenvalue weighted by Gasteiger charge is 2.18. The number of hydrogen-bond donors (Lipinski definition) is 0. The fourth-order valence-corrected chi connectivity index (χ4v) is 3.43. The summed E-state index contributed by atoms with van der Waals surface area (Å²) in [5.74, 6) is 0.990. The molecule has 0 unspecified atom stereocenters. The van der Waals surface area contributed by atoms with Crippen LogP contribution in [-0.2, 0) is 13.1 Å². The molecule has 2 aromatic carbocycles. The van der Waals surface area contributed by atoms with E-state index in [0.717, 1.165) is 45.0 Å². The van der Waals surface area contributed by atoms with Crippen LogP contribution in [0.3, 0.4) is 0 Å². The monoisotopic (exact) mass is 324 g/mol. The van der Waals surface area contributed by atoms with Crippen molar-refractivity contribution in [3.8, 4) is 5.75 Å². The maximum Gasteiger partial charge on any atom is 0.122 e. The first-order chi connectivity index (χ1) is 11.7. The Balaban J connectivity index is 1.55. The van der Waals surface area contributed by atoms with Gasteiger partial charge < -0.3 is 4.74 Å². The SMILES string of the molecule is COc1cc(C)c(CN2CCN(Cc3ccccc3)CC2)cc1C. The van der Waals surface area contributed by atoms with Crippen LogP contribution >= 0.6 is 0 Å². The second-order valence-electron chi connectivity index (χ2n) is 6.79. The molecule has 1 fully saturated rings. The zero-order valence-corrected chi connectivity index (χ0v) is 15.1. The predicted molar refractivity (Wildman–Crippen MR) is 99.5 cm³/mol. The number of hydrogen-bond acceptors (Lipinski definition) is 3. The molecule has 0 amide bonds. The van der Waals surface area contributed by atoms with Crippen LogP contribution in [0.2, 0.25) is 0 Å². The van der Waals surface area contributed by atoms with Crippen LogP contribution in [0.4, 0.5) is 0 Å². The van der Waals surface area contributed by atoms with E-state index in [9.17, 15) is 0 Å². The first-order valence-electron chi connectivity index (χ1n) is 8.78. The number of nitrogens with zero attached hydrogens (tertiary/aromatic N) is 2. The zero-order valence-electron chi connectivity index (χ0n) is 15.1. The van der Waals surface area contributed by atoms with E-state index in [1.54, 1.807) is 7.11 Å². The Morgan fingerprint density at radius 1 is 0.833 bits per heavy atom. The molecule has 0 atom stereocenters. The number of aryl methyl sites for hydroxylation is 2. The van der Waals surface area contributed by atoms with Crippen molar-refractivity contribution < 1.29 is 4.74 Å². The lowest BCUT2D eigenvalue weighted by atomic mass is 10.0. The molecular formula is C21H28N2O. The van der Waals surface area contributed by atoms with Gasteiger partial charge in [-0.05, 0) is 42.2 Å². The third-order valence-corrected chi connectivity index (χ3v) is 4.96. The lowest BCUT2D eigenvalue weighted by Gasteiger charge is -2.35. The molecule has 0 aromatic heterocycles. The summed E-state index contributed by atoms with van der Waals surface area (Å²) in [5, 5.41) is 0. The van der Waals surface area contributed by atoms with Crippen molar-refractivity contribution in [2.45, 2.75) is 26.9 Å². The first-order valence-corrected chi connectivity index (χ1v) is 8.78. The van der Waals surface area contributed by atoms with E-state index in [0.29, 0.717) is 0 Å². The van der Waals surface area contributed by atoms with Crippen LogP contribution < -0.4 is 4.74 Å². The lowest BCUT2D eigenvalue weighted by molar-refractivity contribution is 0.122. The number of benzene rings is 2. The van der Waals surface area contributed by atoms with E-state index in [1.807, 2.05) is 0 Å². The highest BCUT2D eigenvalue weighted by atomic mass is 16.5. The van der Waals surface area contributed by atoms with Gasteiger partial charge in [0.25, 0.3) is 0 Å². The van der Waals surface area contributed by atoms with Crippen molar-refractivity contribution >= 4 is 0 Å². The topological polar surface area (TPSA) is 15.7 Å². The molecule has 128 valence electrons. The van der Waals surface area contributed by atoms with E-state index in [1.165, 1.54) is 22.3 Å². The Morgan fingerprint density at radius 2 is 1.46 bits per heavy atom. The molecule has 3 rings (SSSR count). The summed E-state index contributed by atoms with van der Waals surface area (Å²) in [6, 6.07) is 15.2. The molecule has 2 aromatic rings. The van der Waals surface area contributed by atoms with Crippen molar-refractivity contribution in [2.75, 3.05) is 33.3 Å². The third kappa shape index (κ3) is 4.16. The highest BCUT2D eigenvalue weighted by Crippen LogP contribution is 2.24. The number of ether oxygens (including phenoxy) is 1. The van der Waals surface area contributed by atoms with E-state index >= 15 is 0 Å². The van der Waals surface area contributed by atoms with Gasteiger partial charge in [-0.25, -0.2) is 0 Å². The normalized spacial score (nSPS) is 16.3. The van der Waals surface area contributed by atoms with E-state index in [4.69, 9.17) is 4.74 Å². The molecule has 1 aliphatic rings. The van der Waals surface area contributed by atoms with Crippen LogP contribution in [0.15, 0.2) is 42.5 Å². The largest absolute Gasteiger partial charge is 0.496 e. The van der Waals surface area contributed by atoms with Crippen molar-refractivity contribution in [1.82, 2.24) is 9.80 Å². The summed E-state index contributed by atoms with van der Waals surface area (Å²) in [6.45, 7) is 11.0. The Bertz CT molecular complexity index is 661. The summed E-state index contributed by atoms with van der Waals surface area (Å²) >= 11 is 0. The Hall–Kier alpha value is -1.84. The van der Waals surface area contributed by atoms with Crippen LogP contribution in [-0.4, -0.2) is 43.1 Å². The molecule has 3 nitrogen and oxygen atoms in total. The van der Waals surface area contributed by atoms with Crippen molar-refractivity contribution in [3.05, 3.63) is 64.7 Å². The van der Waals surface area contributed by atoms with Crippen LogP contribution in [0, 0.1) is 13.8 Å². The van der Waals surface area contributed by atoms with E-state index in [2.05, 4.69) is 66.1 Å². The number of piperazine rings is 1. The van der Waals surface area contributed by atoms with Crippen LogP contribution in [0.25, 0.3) is 0 Å². The minimum atomic E-state index is 0.990. The second-order valence-corrected chi connectivity index (χ2v) is 6.79. The maximum absolute atomic E-state index is 5.42. The molecule has 0 spiro atoms. The van der Waals surface area contributed by atoms with Gasteiger partial charge in [0.1, 0.15) is 5.75 Å². The molecule has 1 aliphatic heterocycles. The Labute approximate surface area is 145 Å². The van der Waals surface area contributed by atoms with Crippen molar-refractivity contribution in [1.29, 1.82) is 0 Å².